The third-order valence-corrected chi connectivity index (χ3v) is 5.85. The number of benzene rings is 2. The number of nitrogens with zero attached hydrogens (tertiary/aromatic N) is 2. The average Bonchev–Trinajstić information content (AvgIpc) is 3.26. The van der Waals surface area contributed by atoms with E-state index in [1.54, 1.807) is 24.3 Å². The Morgan fingerprint density at radius 1 is 1.13 bits per heavy atom. The quantitative estimate of drug-likeness (QED) is 0.666. The maximum atomic E-state index is 12.0. The molecule has 4 rings (SSSR count). The van der Waals surface area contributed by atoms with Gasteiger partial charge in [-0.15, -0.1) is 0 Å². The molecule has 7 nitrogen and oxygen atoms in total. The summed E-state index contributed by atoms with van der Waals surface area (Å²) in [7, 11) is 0. The van der Waals surface area contributed by atoms with Gasteiger partial charge in [-0.1, -0.05) is 12.1 Å². The van der Waals surface area contributed by atoms with Gasteiger partial charge >= 0.3 is 6.03 Å². The highest BCUT2D eigenvalue weighted by Crippen LogP contribution is 2.34. The molecular weight excluding hydrogens is 392 g/mol. The number of carbonyl (C=O) groups excluding carboxylic acids is 1. The van der Waals surface area contributed by atoms with Crippen molar-refractivity contribution >= 4 is 11.7 Å². The molecule has 1 saturated heterocycles. The Kier molecular flexibility index (Phi) is 6.90. The molecule has 0 aliphatic carbocycles. The molecule has 1 fully saturated rings. The molecule has 2 amide bonds. The van der Waals surface area contributed by atoms with E-state index < -0.39 is 0 Å². The first kappa shape index (κ1) is 21.0. The van der Waals surface area contributed by atoms with Gasteiger partial charge in [0.15, 0.2) is 11.5 Å². The number of carbonyl (C=O) groups is 1. The van der Waals surface area contributed by atoms with Crippen LogP contribution in [0.1, 0.15) is 30.4 Å². The Hall–Kier alpha value is -3.24. The van der Waals surface area contributed by atoms with Crippen molar-refractivity contribution in [2.45, 2.75) is 25.7 Å². The number of piperidine rings is 1. The fourth-order valence-electron chi connectivity index (χ4n) is 4.16. The zero-order valence-corrected chi connectivity index (χ0v) is 17.6. The molecule has 2 aliphatic heterocycles. The second-order valence-corrected chi connectivity index (χ2v) is 8.10. The lowest BCUT2D eigenvalue weighted by Gasteiger charge is -2.32. The largest absolute Gasteiger partial charge is 0.454 e. The molecule has 0 aromatic heterocycles. The highest BCUT2D eigenvalue weighted by Gasteiger charge is 2.20. The lowest BCUT2D eigenvalue weighted by atomic mass is 9.90. The number of nitrogens with one attached hydrogen (secondary N) is 2. The van der Waals surface area contributed by atoms with Gasteiger partial charge < -0.3 is 25.0 Å². The van der Waals surface area contributed by atoms with Crippen LogP contribution in [0.3, 0.4) is 0 Å². The Morgan fingerprint density at radius 3 is 2.81 bits per heavy atom. The van der Waals surface area contributed by atoms with Crippen LogP contribution < -0.4 is 20.1 Å². The number of anilines is 1. The van der Waals surface area contributed by atoms with E-state index in [0.717, 1.165) is 44.0 Å². The molecular formula is C24H28N4O3. The molecule has 2 aromatic carbocycles. The molecule has 0 spiro atoms. The minimum atomic E-state index is -0.238. The van der Waals surface area contributed by atoms with Gasteiger partial charge in [-0.3, -0.25) is 0 Å². The van der Waals surface area contributed by atoms with Gasteiger partial charge in [0, 0.05) is 12.2 Å². The number of likely N-dealkylation sites (tertiary alicyclic amines) is 1. The smallest absolute Gasteiger partial charge is 0.319 e. The summed E-state index contributed by atoms with van der Waals surface area (Å²) in [5.74, 6) is 2.41. The molecule has 31 heavy (non-hydrogen) atoms. The molecule has 162 valence electrons. The van der Waals surface area contributed by atoms with Gasteiger partial charge in [-0.25, -0.2) is 4.79 Å². The molecule has 0 saturated carbocycles. The van der Waals surface area contributed by atoms with Gasteiger partial charge in [0.1, 0.15) is 0 Å². The van der Waals surface area contributed by atoms with Crippen LogP contribution in [0.15, 0.2) is 42.5 Å². The van der Waals surface area contributed by atoms with E-state index in [9.17, 15) is 4.79 Å². The van der Waals surface area contributed by atoms with Gasteiger partial charge in [-0.2, -0.15) is 5.26 Å². The number of hydrogen-bond donors (Lipinski definition) is 2. The zero-order chi connectivity index (χ0) is 21.5. The first-order chi connectivity index (χ1) is 15.2. The van der Waals surface area contributed by atoms with E-state index in [4.69, 9.17) is 14.7 Å². The third-order valence-electron chi connectivity index (χ3n) is 5.85. The first-order valence-electron chi connectivity index (χ1n) is 10.9. The van der Waals surface area contributed by atoms with Crippen LogP contribution in [0.5, 0.6) is 11.5 Å². The fourth-order valence-corrected chi connectivity index (χ4v) is 4.16. The molecule has 0 bridgehead atoms. The van der Waals surface area contributed by atoms with Crippen LogP contribution in [0, 0.1) is 17.2 Å². The van der Waals surface area contributed by atoms with Crippen LogP contribution >= 0.6 is 0 Å². The summed E-state index contributed by atoms with van der Waals surface area (Å²) in [6.07, 6.45) is 4.38. The number of hydrogen-bond acceptors (Lipinski definition) is 5. The van der Waals surface area contributed by atoms with Crippen molar-refractivity contribution in [2.75, 3.05) is 38.3 Å². The van der Waals surface area contributed by atoms with Crippen LogP contribution in [-0.4, -0.2) is 43.9 Å². The zero-order valence-electron chi connectivity index (χ0n) is 17.6. The molecule has 2 aliphatic rings. The van der Waals surface area contributed by atoms with Crippen molar-refractivity contribution in [1.29, 1.82) is 5.26 Å². The van der Waals surface area contributed by atoms with E-state index in [2.05, 4.69) is 33.7 Å². The standard InChI is InChI=1S/C24H28N4O3/c25-16-20-3-1-4-21(14-20)27-24(29)26-9-2-10-28-11-7-18(8-12-28)13-19-5-6-22-23(15-19)31-17-30-22/h1,3-6,14-15,18H,2,7-13,17H2,(H2,26,27,29). The number of fused-ring (bicyclic) bond motifs is 1. The monoisotopic (exact) mass is 420 g/mol. The second kappa shape index (κ2) is 10.2. The molecule has 2 N–H and O–H groups in total. The minimum absolute atomic E-state index is 0.238. The minimum Gasteiger partial charge on any atom is -0.454 e. The molecule has 0 unspecified atom stereocenters. The highest BCUT2D eigenvalue weighted by atomic mass is 16.7. The van der Waals surface area contributed by atoms with Crippen molar-refractivity contribution < 1.29 is 14.3 Å². The lowest BCUT2D eigenvalue weighted by molar-refractivity contribution is 0.173. The van der Waals surface area contributed by atoms with Crippen molar-refractivity contribution in [3.05, 3.63) is 53.6 Å². The van der Waals surface area contributed by atoms with Gasteiger partial charge in [0.05, 0.1) is 11.6 Å². The average molecular weight is 421 g/mol. The predicted octanol–water partition coefficient (Wildman–Crippen LogP) is 3.75. The number of nitriles is 1. The Bertz CT molecular complexity index is 948. The number of urea groups is 1. The summed E-state index contributed by atoms with van der Waals surface area (Å²) in [6, 6.07) is 15.0. The van der Waals surface area contributed by atoms with E-state index in [1.165, 1.54) is 18.4 Å². The molecule has 0 radical (unpaired) electrons. The fraction of sp³-hybridized carbons (Fsp3) is 0.417. The van der Waals surface area contributed by atoms with Crippen molar-refractivity contribution in [2.24, 2.45) is 5.92 Å². The van der Waals surface area contributed by atoms with E-state index in [1.807, 2.05) is 6.07 Å². The molecule has 2 aromatic rings. The number of amides is 2. The Balaban J connectivity index is 1.11. The van der Waals surface area contributed by atoms with Crippen LogP contribution in [-0.2, 0) is 6.42 Å². The third kappa shape index (κ3) is 5.89. The molecule has 2 heterocycles. The van der Waals surface area contributed by atoms with E-state index >= 15 is 0 Å². The van der Waals surface area contributed by atoms with Gasteiger partial charge in [0.2, 0.25) is 6.79 Å². The second-order valence-electron chi connectivity index (χ2n) is 8.10. The summed E-state index contributed by atoms with van der Waals surface area (Å²) in [4.78, 5) is 14.5. The molecule has 7 heteroatoms. The Labute approximate surface area is 182 Å². The summed E-state index contributed by atoms with van der Waals surface area (Å²) in [5.41, 5.74) is 2.47. The van der Waals surface area contributed by atoms with Crippen molar-refractivity contribution in [3.63, 3.8) is 0 Å². The summed E-state index contributed by atoms with van der Waals surface area (Å²) < 4.78 is 10.9. The summed E-state index contributed by atoms with van der Waals surface area (Å²) >= 11 is 0. The van der Waals surface area contributed by atoms with Gasteiger partial charge in [0.25, 0.3) is 0 Å². The maximum absolute atomic E-state index is 12.0. The first-order valence-corrected chi connectivity index (χ1v) is 10.9. The lowest BCUT2D eigenvalue weighted by Crippen LogP contribution is -2.37. The molecule has 0 atom stereocenters. The van der Waals surface area contributed by atoms with E-state index in [-0.39, 0.29) is 6.03 Å². The van der Waals surface area contributed by atoms with E-state index in [0.29, 0.717) is 30.5 Å². The van der Waals surface area contributed by atoms with Crippen LogP contribution in [0.4, 0.5) is 10.5 Å². The number of ether oxygens (including phenoxy) is 2. The predicted molar refractivity (Wildman–Crippen MR) is 118 cm³/mol. The van der Waals surface area contributed by atoms with Gasteiger partial charge in [-0.05, 0) is 87.1 Å². The summed E-state index contributed by atoms with van der Waals surface area (Å²) in [6.45, 7) is 4.13. The SMILES string of the molecule is N#Cc1cccc(NC(=O)NCCCN2CCC(Cc3ccc4c(c3)OCO4)CC2)c1. The Morgan fingerprint density at radius 2 is 1.97 bits per heavy atom. The van der Waals surface area contributed by atoms with Crippen LogP contribution in [0.25, 0.3) is 0 Å². The van der Waals surface area contributed by atoms with Crippen LogP contribution in [0.2, 0.25) is 0 Å². The normalized spacial score (nSPS) is 16.0. The topological polar surface area (TPSA) is 86.6 Å². The van der Waals surface area contributed by atoms with Crippen molar-refractivity contribution in [1.82, 2.24) is 10.2 Å². The van der Waals surface area contributed by atoms with Crippen molar-refractivity contribution in [3.8, 4) is 17.6 Å². The maximum Gasteiger partial charge on any atom is 0.319 e. The number of rotatable bonds is 7. The summed E-state index contributed by atoms with van der Waals surface area (Å²) in [5, 5.41) is 14.6. The highest BCUT2D eigenvalue weighted by molar-refractivity contribution is 5.89.